The SMILES string of the molecule is Cc1c(C)c(C)c([C@H](N)CC#N)c(C)c1C.Cl. The molecular formula is C14H21ClN2. The molecule has 0 unspecified atom stereocenters. The lowest BCUT2D eigenvalue weighted by Crippen LogP contribution is -2.15. The topological polar surface area (TPSA) is 49.8 Å². The van der Waals surface area contributed by atoms with Gasteiger partial charge in [0.1, 0.15) is 0 Å². The molecule has 0 aliphatic heterocycles. The van der Waals surface area contributed by atoms with Gasteiger partial charge in [0.05, 0.1) is 12.5 Å². The van der Waals surface area contributed by atoms with E-state index in [0.29, 0.717) is 6.42 Å². The summed E-state index contributed by atoms with van der Waals surface area (Å²) in [6.07, 6.45) is 0.379. The minimum atomic E-state index is -0.164. The lowest BCUT2D eigenvalue weighted by atomic mass is 9.86. The van der Waals surface area contributed by atoms with E-state index in [1.807, 2.05) is 0 Å². The van der Waals surface area contributed by atoms with Gasteiger partial charge in [-0.05, 0) is 68.0 Å². The van der Waals surface area contributed by atoms with Crippen LogP contribution in [0.15, 0.2) is 0 Å². The zero-order valence-electron chi connectivity index (χ0n) is 11.2. The van der Waals surface area contributed by atoms with E-state index < -0.39 is 0 Å². The Bertz CT molecular complexity index is 429. The summed E-state index contributed by atoms with van der Waals surface area (Å²) < 4.78 is 0. The quantitative estimate of drug-likeness (QED) is 0.875. The minimum absolute atomic E-state index is 0. The van der Waals surface area contributed by atoms with Gasteiger partial charge in [-0.15, -0.1) is 12.4 Å². The molecule has 94 valence electrons. The number of hydrogen-bond donors (Lipinski definition) is 1. The van der Waals surface area contributed by atoms with Crippen molar-refractivity contribution in [3.05, 3.63) is 33.4 Å². The number of nitrogens with zero attached hydrogens (tertiary/aromatic N) is 1. The monoisotopic (exact) mass is 252 g/mol. The zero-order chi connectivity index (χ0) is 12.5. The van der Waals surface area contributed by atoms with Gasteiger partial charge in [-0.2, -0.15) is 5.26 Å². The van der Waals surface area contributed by atoms with Gasteiger partial charge in [-0.1, -0.05) is 0 Å². The van der Waals surface area contributed by atoms with Crippen LogP contribution >= 0.6 is 12.4 Å². The smallest absolute Gasteiger partial charge is 0.0641 e. The summed E-state index contributed by atoms with van der Waals surface area (Å²) in [4.78, 5) is 0. The van der Waals surface area contributed by atoms with Crippen molar-refractivity contribution < 1.29 is 0 Å². The third kappa shape index (κ3) is 2.80. The van der Waals surface area contributed by atoms with E-state index >= 15 is 0 Å². The van der Waals surface area contributed by atoms with Gasteiger partial charge in [0.15, 0.2) is 0 Å². The molecule has 1 aromatic carbocycles. The Morgan fingerprint density at radius 2 is 1.29 bits per heavy atom. The van der Waals surface area contributed by atoms with Gasteiger partial charge < -0.3 is 5.73 Å². The first-order chi connectivity index (χ1) is 7.41. The third-order valence-electron chi connectivity index (χ3n) is 3.74. The molecule has 0 aliphatic rings. The summed E-state index contributed by atoms with van der Waals surface area (Å²) >= 11 is 0. The lowest BCUT2D eigenvalue weighted by molar-refractivity contribution is 0.732. The second-order valence-electron chi connectivity index (χ2n) is 4.51. The molecular weight excluding hydrogens is 232 g/mol. The van der Waals surface area contributed by atoms with E-state index in [1.54, 1.807) is 0 Å². The van der Waals surface area contributed by atoms with Crippen LogP contribution in [0.25, 0.3) is 0 Å². The predicted molar refractivity (Wildman–Crippen MR) is 74.5 cm³/mol. The van der Waals surface area contributed by atoms with Crippen molar-refractivity contribution in [2.45, 2.75) is 47.1 Å². The number of nitriles is 1. The maximum atomic E-state index is 8.74. The van der Waals surface area contributed by atoms with Crippen molar-refractivity contribution in [2.75, 3.05) is 0 Å². The van der Waals surface area contributed by atoms with Crippen LogP contribution in [0.5, 0.6) is 0 Å². The second kappa shape index (κ2) is 6.05. The summed E-state index contributed by atoms with van der Waals surface area (Å²) in [5.74, 6) is 0. The first-order valence-corrected chi connectivity index (χ1v) is 5.61. The zero-order valence-corrected chi connectivity index (χ0v) is 12.0. The van der Waals surface area contributed by atoms with Crippen LogP contribution in [0.1, 0.15) is 45.8 Å². The minimum Gasteiger partial charge on any atom is -0.323 e. The van der Waals surface area contributed by atoms with Crippen molar-refractivity contribution in [2.24, 2.45) is 5.73 Å². The molecule has 3 heteroatoms. The van der Waals surface area contributed by atoms with E-state index in [1.165, 1.54) is 27.8 Å². The van der Waals surface area contributed by atoms with Gasteiger partial charge in [0.2, 0.25) is 0 Å². The molecule has 1 aromatic rings. The average Bonchev–Trinajstić information content (AvgIpc) is 2.24. The number of benzene rings is 1. The van der Waals surface area contributed by atoms with E-state index in [2.05, 4.69) is 40.7 Å². The Kier molecular flexibility index (Phi) is 5.68. The van der Waals surface area contributed by atoms with Crippen LogP contribution in [0, 0.1) is 45.9 Å². The molecule has 0 heterocycles. The first kappa shape index (κ1) is 16.0. The van der Waals surface area contributed by atoms with Gasteiger partial charge in [-0.3, -0.25) is 0 Å². The highest BCUT2D eigenvalue weighted by molar-refractivity contribution is 5.85. The van der Waals surface area contributed by atoms with Crippen molar-refractivity contribution in [3.8, 4) is 6.07 Å². The fourth-order valence-corrected chi connectivity index (χ4v) is 2.29. The molecule has 0 aromatic heterocycles. The van der Waals surface area contributed by atoms with Crippen LogP contribution in [-0.2, 0) is 0 Å². The van der Waals surface area contributed by atoms with E-state index in [9.17, 15) is 0 Å². The van der Waals surface area contributed by atoms with Crippen LogP contribution in [0.3, 0.4) is 0 Å². The summed E-state index contributed by atoms with van der Waals surface area (Å²) in [6.45, 7) is 10.6. The highest BCUT2D eigenvalue weighted by atomic mass is 35.5. The van der Waals surface area contributed by atoms with E-state index in [-0.39, 0.29) is 18.4 Å². The molecule has 2 N–H and O–H groups in total. The number of nitrogens with two attached hydrogens (primary N) is 1. The normalized spacial score (nSPS) is 11.6. The van der Waals surface area contributed by atoms with Crippen LogP contribution in [0.2, 0.25) is 0 Å². The highest BCUT2D eigenvalue weighted by Crippen LogP contribution is 2.30. The summed E-state index contributed by atoms with van der Waals surface area (Å²) in [7, 11) is 0. The number of halogens is 1. The summed E-state index contributed by atoms with van der Waals surface area (Å²) in [6, 6.07) is 1.99. The molecule has 0 fully saturated rings. The fraction of sp³-hybridized carbons (Fsp3) is 0.500. The maximum absolute atomic E-state index is 8.74. The molecule has 1 atom stereocenters. The molecule has 0 spiro atoms. The molecule has 0 aliphatic carbocycles. The van der Waals surface area contributed by atoms with E-state index in [4.69, 9.17) is 11.0 Å². The Morgan fingerprint density at radius 3 is 1.65 bits per heavy atom. The Balaban J connectivity index is 0.00000256. The Morgan fingerprint density at radius 1 is 0.941 bits per heavy atom. The average molecular weight is 253 g/mol. The molecule has 0 amide bonds. The third-order valence-corrected chi connectivity index (χ3v) is 3.74. The van der Waals surface area contributed by atoms with Crippen LogP contribution in [-0.4, -0.2) is 0 Å². The largest absolute Gasteiger partial charge is 0.323 e. The standard InChI is InChI=1S/C14H20N2.ClH/c1-8-9(2)11(4)14(12(5)10(8)3)13(16)6-7-15;/h13H,6,16H2,1-5H3;1H/t13-;/m1./s1. The van der Waals surface area contributed by atoms with E-state index in [0.717, 1.165) is 5.56 Å². The number of hydrogen-bond acceptors (Lipinski definition) is 2. The highest BCUT2D eigenvalue weighted by Gasteiger charge is 2.17. The van der Waals surface area contributed by atoms with Gasteiger partial charge in [-0.25, -0.2) is 0 Å². The molecule has 2 nitrogen and oxygen atoms in total. The molecule has 0 radical (unpaired) electrons. The van der Waals surface area contributed by atoms with Crippen molar-refractivity contribution in [3.63, 3.8) is 0 Å². The predicted octanol–water partition coefficient (Wildman–Crippen LogP) is 3.56. The summed E-state index contributed by atoms with van der Waals surface area (Å²) in [5.41, 5.74) is 13.6. The lowest BCUT2D eigenvalue weighted by Gasteiger charge is -2.21. The molecule has 0 bridgehead atoms. The molecule has 17 heavy (non-hydrogen) atoms. The van der Waals surface area contributed by atoms with Gasteiger partial charge in [0.25, 0.3) is 0 Å². The maximum Gasteiger partial charge on any atom is 0.0641 e. The van der Waals surface area contributed by atoms with Crippen LogP contribution < -0.4 is 5.73 Å². The molecule has 0 saturated heterocycles. The van der Waals surface area contributed by atoms with Crippen molar-refractivity contribution >= 4 is 12.4 Å². The first-order valence-electron chi connectivity index (χ1n) is 5.61. The molecule has 1 rings (SSSR count). The van der Waals surface area contributed by atoms with Crippen molar-refractivity contribution in [1.29, 1.82) is 5.26 Å². The van der Waals surface area contributed by atoms with Gasteiger partial charge in [0, 0.05) is 6.04 Å². The van der Waals surface area contributed by atoms with Gasteiger partial charge >= 0.3 is 0 Å². The van der Waals surface area contributed by atoms with Crippen LogP contribution in [0.4, 0.5) is 0 Å². The second-order valence-corrected chi connectivity index (χ2v) is 4.51. The Labute approximate surface area is 110 Å². The number of rotatable bonds is 2. The Hall–Kier alpha value is -1.04. The summed E-state index contributed by atoms with van der Waals surface area (Å²) in [5, 5.41) is 8.74. The fourth-order valence-electron chi connectivity index (χ4n) is 2.29. The molecule has 0 saturated carbocycles. The van der Waals surface area contributed by atoms with Crippen molar-refractivity contribution in [1.82, 2.24) is 0 Å².